The fraction of sp³-hybridized carbons (Fsp3) is 0.333. The summed E-state index contributed by atoms with van der Waals surface area (Å²) in [6.07, 6.45) is 3.22. The zero-order valence-corrected chi connectivity index (χ0v) is 14.9. The van der Waals surface area contributed by atoms with E-state index in [1.54, 1.807) is 10.8 Å². The predicted molar refractivity (Wildman–Crippen MR) is 99.0 cm³/mol. The third-order valence-corrected chi connectivity index (χ3v) is 4.97. The van der Waals surface area contributed by atoms with Gasteiger partial charge in [0.15, 0.2) is 5.65 Å². The summed E-state index contributed by atoms with van der Waals surface area (Å²) in [5.41, 5.74) is 1.77. The first kappa shape index (κ1) is 16.8. The molecule has 0 bridgehead atoms. The number of amides is 1. The summed E-state index contributed by atoms with van der Waals surface area (Å²) in [7, 11) is 0. The van der Waals surface area contributed by atoms with Crippen LogP contribution in [0.15, 0.2) is 42.7 Å². The number of aromatic nitrogens is 4. The molecule has 3 aromatic rings. The summed E-state index contributed by atoms with van der Waals surface area (Å²) in [5.74, 6) is 1.04. The standard InChI is InChI=1S/C18H19ClN6O/c19-15-3-1-13(2-4-15)11-20-18(26)14-7-9-24(10-8-14)17-6-5-16-22-21-12-25(16)23-17/h1-6,12,14H,7-11H2,(H,20,26). The highest BCUT2D eigenvalue weighted by Crippen LogP contribution is 2.22. The van der Waals surface area contributed by atoms with Crippen LogP contribution in [0.25, 0.3) is 5.65 Å². The van der Waals surface area contributed by atoms with Gasteiger partial charge in [-0.3, -0.25) is 4.79 Å². The van der Waals surface area contributed by atoms with E-state index in [0.717, 1.165) is 43.0 Å². The molecule has 4 rings (SSSR count). The molecule has 1 N–H and O–H groups in total. The predicted octanol–water partition coefficient (Wildman–Crippen LogP) is 2.31. The third-order valence-electron chi connectivity index (χ3n) is 4.72. The van der Waals surface area contributed by atoms with Crippen LogP contribution in [-0.4, -0.2) is 38.8 Å². The van der Waals surface area contributed by atoms with E-state index in [-0.39, 0.29) is 11.8 Å². The number of piperidine rings is 1. The number of fused-ring (bicyclic) bond motifs is 1. The molecular formula is C18H19ClN6O. The molecule has 8 heteroatoms. The minimum absolute atomic E-state index is 0.0391. The Labute approximate surface area is 156 Å². The van der Waals surface area contributed by atoms with Gasteiger partial charge in [0.1, 0.15) is 12.1 Å². The van der Waals surface area contributed by atoms with Crippen LogP contribution < -0.4 is 10.2 Å². The Balaban J connectivity index is 1.31. The zero-order chi connectivity index (χ0) is 17.9. The van der Waals surface area contributed by atoms with E-state index < -0.39 is 0 Å². The molecular weight excluding hydrogens is 352 g/mol. The molecule has 0 aliphatic carbocycles. The molecule has 1 fully saturated rings. The number of halogens is 1. The molecule has 26 heavy (non-hydrogen) atoms. The first-order valence-electron chi connectivity index (χ1n) is 8.63. The summed E-state index contributed by atoms with van der Waals surface area (Å²) < 4.78 is 1.67. The van der Waals surface area contributed by atoms with Crippen molar-refractivity contribution in [3.8, 4) is 0 Å². The molecule has 134 valence electrons. The number of carbonyl (C=O) groups is 1. The van der Waals surface area contributed by atoms with Crippen LogP contribution in [-0.2, 0) is 11.3 Å². The van der Waals surface area contributed by atoms with Gasteiger partial charge in [0.25, 0.3) is 0 Å². The molecule has 0 radical (unpaired) electrons. The third kappa shape index (κ3) is 3.62. The van der Waals surface area contributed by atoms with Crippen molar-refractivity contribution in [2.75, 3.05) is 18.0 Å². The van der Waals surface area contributed by atoms with Gasteiger partial charge in [-0.05, 0) is 42.7 Å². The highest BCUT2D eigenvalue weighted by Gasteiger charge is 2.25. The second-order valence-corrected chi connectivity index (χ2v) is 6.87. The number of anilines is 1. The van der Waals surface area contributed by atoms with Crippen LogP contribution in [0.5, 0.6) is 0 Å². The lowest BCUT2D eigenvalue weighted by Crippen LogP contribution is -2.40. The number of nitrogens with zero attached hydrogens (tertiary/aromatic N) is 5. The maximum absolute atomic E-state index is 12.4. The summed E-state index contributed by atoms with van der Waals surface area (Å²) >= 11 is 5.88. The van der Waals surface area contributed by atoms with E-state index in [4.69, 9.17) is 11.6 Å². The van der Waals surface area contributed by atoms with Gasteiger partial charge in [-0.25, -0.2) is 0 Å². The van der Waals surface area contributed by atoms with E-state index in [2.05, 4.69) is 25.5 Å². The van der Waals surface area contributed by atoms with Gasteiger partial charge in [0.05, 0.1) is 0 Å². The van der Waals surface area contributed by atoms with Crippen molar-refractivity contribution in [2.45, 2.75) is 19.4 Å². The van der Waals surface area contributed by atoms with E-state index in [1.807, 2.05) is 36.4 Å². The Bertz CT molecular complexity index is 901. The van der Waals surface area contributed by atoms with Crippen LogP contribution in [0.3, 0.4) is 0 Å². The normalized spacial score (nSPS) is 15.3. The van der Waals surface area contributed by atoms with Gasteiger partial charge in [-0.15, -0.1) is 15.3 Å². The largest absolute Gasteiger partial charge is 0.355 e. The van der Waals surface area contributed by atoms with Gasteiger partial charge < -0.3 is 10.2 Å². The van der Waals surface area contributed by atoms with Gasteiger partial charge >= 0.3 is 0 Å². The molecule has 1 aliphatic heterocycles. The SMILES string of the molecule is O=C(NCc1ccc(Cl)cc1)C1CCN(c2ccc3nncn3n2)CC1. The smallest absolute Gasteiger partial charge is 0.223 e. The van der Waals surface area contributed by atoms with E-state index in [1.165, 1.54) is 0 Å². The number of hydrogen-bond acceptors (Lipinski definition) is 5. The molecule has 2 aromatic heterocycles. The highest BCUT2D eigenvalue weighted by molar-refractivity contribution is 6.30. The van der Waals surface area contributed by atoms with Gasteiger partial charge in [-0.1, -0.05) is 23.7 Å². The summed E-state index contributed by atoms with van der Waals surface area (Å²) in [6, 6.07) is 11.4. The van der Waals surface area contributed by atoms with Gasteiger partial charge in [-0.2, -0.15) is 4.52 Å². The van der Waals surface area contributed by atoms with Crippen LogP contribution in [0.2, 0.25) is 5.02 Å². The van der Waals surface area contributed by atoms with Crippen LogP contribution in [0, 0.1) is 5.92 Å². The fourth-order valence-electron chi connectivity index (χ4n) is 3.19. The second kappa shape index (κ2) is 7.29. The second-order valence-electron chi connectivity index (χ2n) is 6.43. The first-order chi connectivity index (χ1) is 12.7. The summed E-state index contributed by atoms with van der Waals surface area (Å²) in [6.45, 7) is 2.14. The number of carbonyl (C=O) groups excluding carboxylic acids is 1. The number of rotatable bonds is 4. The van der Waals surface area contributed by atoms with Gasteiger partial charge in [0, 0.05) is 30.6 Å². The van der Waals surface area contributed by atoms with Crippen molar-refractivity contribution in [3.05, 3.63) is 53.3 Å². The average molecular weight is 371 g/mol. The van der Waals surface area contributed by atoms with Crippen LogP contribution in [0.1, 0.15) is 18.4 Å². The van der Waals surface area contributed by atoms with Crippen LogP contribution >= 0.6 is 11.6 Å². The summed E-state index contributed by atoms with van der Waals surface area (Å²) in [5, 5.41) is 16.1. The maximum Gasteiger partial charge on any atom is 0.223 e. The fourth-order valence-corrected chi connectivity index (χ4v) is 3.32. The van der Waals surface area contributed by atoms with Crippen molar-refractivity contribution >= 4 is 29.0 Å². The molecule has 1 amide bonds. The number of hydrogen-bond donors (Lipinski definition) is 1. The topological polar surface area (TPSA) is 75.4 Å². The van der Waals surface area contributed by atoms with Crippen molar-refractivity contribution < 1.29 is 4.79 Å². The number of nitrogens with one attached hydrogen (secondary N) is 1. The molecule has 0 spiro atoms. The Morgan fingerprint density at radius 3 is 2.69 bits per heavy atom. The molecule has 7 nitrogen and oxygen atoms in total. The monoisotopic (exact) mass is 370 g/mol. The maximum atomic E-state index is 12.4. The van der Waals surface area contributed by atoms with Gasteiger partial charge in [0.2, 0.25) is 5.91 Å². The Morgan fingerprint density at radius 2 is 1.92 bits per heavy atom. The molecule has 1 aromatic carbocycles. The number of benzene rings is 1. The Morgan fingerprint density at radius 1 is 1.15 bits per heavy atom. The Kier molecular flexibility index (Phi) is 4.71. The lowest BCUT2D eigenvalue weighted by molar-refractivity contribution is -0.125. The minimum Gasteiger partial charge on any atom is -0.355 e. The zero-order valence-electron chi connectivity index (χ0n) is 14.2. The van der Waals surface area contributed by atoms with E-state index >= 15 is 0 Å². The minimum atomic E-state index is 0.0391. The molecule has 1 saturated heterocycles. The lowest BCUT2D eigenvalue weighted by Gasteiger charge is -2.32. The molecule has 1 aliphatic rings. The van der Waals surface area contributed by atoms with E-state index in [9.17, 15) is 4.79 Å². The average Bonchev–Trinajstić information content (AvgIpc) is 3.15. The van der Waals surface area contributed by atoms with E-state index in [0.29, 0.717) is 11.6 Å². The molecule has 3 heterocycles. The Hall–Kier alpha value is -2.67. The van der Waals surface area contributed by atoms with Crippen molar-refractivity contribution in [1.82, 2.24) is 25.1 Å². The van der Waals surface area contributed by atoms with Crippen molar-refractivity contribution in [3.63, 3.8) is 0 Å². The van der Waals surface area contributed by atoms with Crippen LogP contribution in [0.4, 0.5) is 5.82 Å². The summed E-state index contributed by atoms with van der Waals surface area (Å²) in [4.78, 5) is 14.6. The van der Waals surface area contributed by atoms with Crippen molar-refractivity contribution in [1.29, 1.82) is 0 Å². The lowest BCUT2D eigenvalue weighted by atomic mass is 9.96. The quantitative estimate of drug-likeness (QED) is 0.762. The molecule has 0 unspecified atom stereocenters. The first-order valence-corrected chi connectivity index (χ1v) is 9.01. The molecule has 0 saturated carbocycles. The highest BCUT2D eigenvalue weighted by atomic mass is 35.5. The molecule has 0 atom stereocenters. The van der Waals surface area contributed by atoms with Crippen molar-refractivity contribution in [2.24, 2.45) is 5.92 Å².